The molecule has 0 saturated carbocycles. The number of amides is 1. The third-order valence-electron chi connectivity index (χ3n) is 3.51. The van der Waals surface area contributed by atoms with E-state index < -0.39 is 0 Å². The molecular weight excluding hydrogens is 336 g/mol. The van der Waals surface area contributed by atoms with Crippen molar-refractivity contribution in [3.05, 3.63) is 58.2 Å². The van der Waals surface area contributed by atoms with Gasteiger partial charge in [-0.05, 0) is 30.3 Å². The number of carbonyl (C=O) groups is 1. The van der Waals surface area contributed by atoms with Crippen LogP contribution >= 0.6 is 11.3 Å². The van der Waals surface area contributed by atoms with Gasteiger partial charge < -0.3 is 9.84 Å². The molecule has 0 unspecified atom stereocenters. The minimum atomic E-state index is -0.216. The maximum Gasteiger partial charge on any atom is 0.268 e. The number of aromatic nitrogens is 2. The number of rotatable bonds is 5. The Balaban J connectivity index is 1.65. The van der Waals surface area contributed by atoms with Crippen LogP contribution < -0.4 is 5.32 Å². The Bertz CT molecular complexity index is 936. The van der Waals surface area contributed by atoms with Crippen LogP contribution in [0, 0.1) is 11.3 Å². The summed E-state index contributed by atoms with van der Waals surface area (Å²) in [6, 6.07) is 12.5. The lowest BCUT2D eigenvalue weighted by atomic mass is 10.1. The number of thiophene rings is 1. The molecule has 3 aromatic rings. The Morgan fingerprint density at radius 1 is 1.36 bits per heavy atom. The van der Waals surface area contributed by atoms with Crippen LogP contribution in [-0.4, -0.2) is 16.0 Å². The van der Waals surface area contributed by atoms with Gasteiger partial charge in [-0.25, -0.2) is 0 Å². The normalized spacial score (nSPS) is 10.6. The summed E-state index contributed by atoms with van der Waals surface area (Å²) in [6.45, 7) is 4.40. The molecule has 1 N–H and O–H groups in total. The molecule has 126 valence electrons. The average molecular weight is 352 g/mol. The highest BCUT2D eigenvalue weighted by Crippen LogP contribution is 2.27. The third kappa shape index (κ3) is 3.92. The largest absolute Gasteiger partial charge is 0.347 e. The first-order valence-electron chi connectivity index (χ1n) is 7.78. The Labute approximate surface area is 149 Å². The molecule has 0 bridgehead atoms. The van der Waals surface area contributed by atoms with Gasteiger partial charge in [0, 0.05) is 16.4 Å². The van der Waals surface area contributed by atoms with Gasteiger partial charge in [-0.3, -0.25) is 4.79 Å². The van der Waals surface area contributed by atoms with Gasteiger partial charge in [-0.1, -0.05) is 25.1 Å². The number of hydrogen-bond acceptors (Lipinski definition) is 6. The SMILES string of the molecule is CC(C)c1noc(-c2ccc(CNC(=O)c3cccc(C#N)c3)s2)n1. The van der Waals surface area contributed by atoms with Crippen LogP contribution in [0.1, 0.15) is 46.4 Å². The standard InChI is InChI=1S/C18H16N4O2S/c1-11(2)16-21-18(24-22-16)15-7-6-14(25-15)10-20-17(23)13-5-3-4-12(8-13)9-19/h3-8,11H,10H2,1-2H3,(H,20,23). The zero-order valence-electron chi connectivity index (χ0n) is 13.8. The van der Waals surface area contributed by atoms with Crippen LogP contribution in [0.15, 0.2) is 40.9 Å². The predicted molar refractivity (Wildman–Crippen MR) is 94.0 cm³/mol. The number of benzene rings is 1. The lowest BCUT2D eigenvalue weighted by Gasteiger charge is -2.03. The van der Waals surface area contributed by atoms with Crippen molar-refractivity contribution in [2.75, 3.05) is 0 Å². The predicted octanol–water partition coefficient (Wildman–Crippen LogP) is 3.72. The van der Waals surface area contributed by atoms with Crippen molar-refractivity contribution in [1.82, 2.24) is 15.5 Å². The fraction of sp³-hybridized carbons (Fsp3) is 0.222. The number of carbonyl (C=O) groups excluding carboxylic acids is 1. The van der Waals surface area contributed by atoms with Crippen LogP contribution in [0.25, 0.3) is 10.8 Å². The zero-order valence-corrected chi connectivity index (χ0v) is 14.6. The summed E-state index contributed by atoms with van der Waals surface area (Å²) in [5.41, 5.74) is 0.928. The fourth-order valence-corrected chi connectivity index (χ4v) is 3.03. The van der Waals surface area contributed by atoms with Crippen LogP contribution in [0.2, 0.25) is 0 Å². The van der Waals surface area contributed by atoms with E-state index in [9.17, 15) is 4.79 Å². The highest BCUT2D eigenvalue weighted by atomic mass is 32.1. The van der Waals surface area contributed by atoms with Gasteiger partial charge >= 0.3 is 0 Å². The maximum absolute atomic E-state index is 12.2. The van der Waals surface area contributed by atoms with E-state index in [1.165, 1.54) is 11.3 Å². The van der Waals surface area contributed by atoms with Crippen molar-refractivity contribution in [1.29, 1.82) is 5.26 Å². The summed E-state index contributed by atoms with van der Waals surface area (Å²) in [6.07, 6.45) is 0. The van der Waals surface area contributed by atoms with Gasteiger partial charge in [-0.15, -0.1) is 11.3 Å². The molecule has 0 aliphatic heterocycles. The van der Waals surface area contributed by atoms with E-state index in [0.29, 0.717) is 29.4 Å². The number of hydrogen-bond donors (Lipinski definition) is 1. The minimum absolute atomic E-state index is 0.209. The molecule has 3 rings (SSSR count). The third-order valence-corrected chi connectivity index (χ3v) is 4.58. The van der Waals surface area contributed by atoms with Gasteiger partial charge in [0.25, 0.3) is 11.8 Å². The Hall–Kier alpha value is -2.98. The summed E-state index contributed by atoms with van der Waals surface area (Å²) < 4.78 is 5.28. The van der Waals surface area contributed by atoms with Crippen molar-refractivity contribution in [3.63, 3.8) is 0 Å². The highest BCUT2D eigenvalue weighted by molar-refractivity contribution is 7.15. The quantitative estimate of drug-likeness (QED) is 0.755. The van der Waals surface area contributed by atoms with Gasteiger partial charge in [0.1, 0.15) is 0 Å². The summed E-state index contributed by atoms with van der Waals surface area (Å²) in [5.74, 6) is 1.16. The van der Waals surface area contributed by atoms with E-state index in [0.717, 1.165) is 9.75 Å². The summed E-state index contributed by atoms with van der Waals surface area (Å²) in [7, 11) is 0. The summed E-state index contributed by atoms with van der Waals surface area (Å²) in [5, 5.41) is 15.7. The molecule has 0 saturated heterocycles. The van der Waals surface area contributed by atoms with Gasteiger partial charge in [0.15, 0.2) is 5.82 Å². The molecule has 0 atom stereocenters. The Morgan fingerprint density at radius 2 is 2.20 bits per heavy atom. The van der Waals surface area contributed by atoms with Gasteiger partial charge in [-0.2, -0.15) is 10.2 Å². The second-order valence-electron chi connectivity index (χ2n) is 5.75. The Kier molecular flexibility index (Phi) is 4.91. The van der Waals surface area contributed by atoms with E-state index in [2.05, 4.69) is 15.5 Å². The molecular formula is C18H16N4O2S. The highest BCUT2D eigenvalue weighted by Gasteiger charge is 2.14. The molecule has 0 aliphatic rings. The van der Waals surface area contributed by atoms with Crippen LogP contribution in [-0.2, 0) is 6.54 Å². The van der Waals surface area contributed by atoms with Crippen LogP contribution in [0.3, 0.4) is 0 Å². The monoisotopic (exact) mass is 352 g/mol. The smallest absolute Gasteiger partial charge is 0.268 e. The minimum Gasteiger partial charge on any atom is -0.347 e. The maximum atomic E-state index is 12.2. The molecule has 2 aromatic heterocycles. The Morgan fingerprint density at radius 3 is 2.92 bits per heavy atom. The zero-order chi connectivity index (χ0) is 17.8. The molecule has 1 aromatic carbocycles. The molecule has 25 heavy (non-hydrogen) atoms. The first-order chi connectivity index (χ1) is 12.1. The van der Waals surface area contributed by atoms with E-state index in [-0.39, 0.29) is 11.8 Å². The van der Waals surface area contributed by atoms with Crippen LogP contribution in [0.4, 0.5) is 0 Å². The van der Waals surface area contributed by atoms with Crippen molar-refractivity contribution in [2.45, 2.75) is 26.3 Å². The first kappa shape index (κ1) is 16.9. The molecule has 0 fully saturated rings. The molecule has 2 heterocycles. The molecule has 0 radical (unpaired) electrons. The van der Waals surface area contributed by atoms with Gasteiger partial charge in [0.2, 0.25) is 0 Å². The van der Waals surface area contributed by atoms with Crippen molar-refractivity contribution in [3.8, 4) is 16.8 Å². The van der Waals surface area contributed by atoms with E-state index in [4.69, 9.17) is 9.78 Å². The molecule has 7 heteroatoms. The molecule has 6 nitrogen and oxygen atoms in total. The van der Waals surface area contributed by atoms with Crippen molar-refractivity contribution >= 4 is 17.2 Å². The lowest BCUT2D eigenvalue weighted by Crippen LogP contribution is -2.22. The molecule has 0 aliphatic carbocycles. The lowest BCUT2D eigenvalue weighted by molar-refractivity contribution is 0.0951. The van der Waals surface area contributed by atoms with Gasteiger partial charge in [0.05, 0.1) is 23.1 Å². The van der Waals surface area contributed by atoms with E-state index in [1.807, 2.05) is 32.0 Å². The van der Waals surface area contributed by atoms with E-state index >= 15 is 0 Å². The second-order valence-corrected chi connectivity index (χ2v) is 6.92. The summed E-state index contributed by atoms with van der Waals surface area (Å²) in [4.78, 5) is 18.4. The number of nitrogens with one attached hydrogen (secondary N) is 1. The molecule has 0 spiro atoms. The topological polar surface area (TPSA) is 91.8 Å². The number of nitriles is 1. The molecule has 1 amide bonds. The van der Waals surface area contributed by atoms with E-state index in [1.54, 1.807) is 24.3 Å². The van der Waals surface area contributed by atoms with Crippen molar-refractivity contribution in [2.24, 2.45) is 0 Å². The van der Waals surface area contributed by atoms with Crippen LogP contribution in [0.5, 0.6) is 0 Å². The fourth-order valence-electron chi connectivity index (χ4n) is 2.16. The van der Waals surface area contributed by atoms with Crippen molar-refractivity contribution < 1.29 is 9.32 Å². The number of nitrogens with zero attached hydrogens (tertiary/aromatic N) is 3. The summed E-state index contributed by atoms with van der Waals surface area (Å²) >= 11 is 1.49. The second kappa shape index (κ2) is 7.28. The average Bonchev–Trinajstić information content (AvgIpc) is 3.28. The first-order valence-corrected chi connectivity index (χ1v) is 8.59.